The topological polar surface area (TPSA) is 119 Å². The average molecular weight is 445 g/mol. The van der Waals surface area contributed by atoms with E-state index in [2.05, 4.69) is 21.1 Å². The van der Waals surface area contributed by atoms with Crippen LogP contribution in [0, 0.1) is 0 Å². The summed E-state index contributed by atoms with van der Waals surface area (Å²) in [5.74, 6) is 1.54. The van der Waals surface area contributed by atoms with Crippen LogP contribution in [0.3, 0.4) is 0 Å². The molecule has 0 spiro atoms. The van der Waals surface area contributed by atoms with E-state index in [-0.39, 0.29) is 10.2 Å². The highest BCUT2D eigenvalue weighted by Gasteiger charge is 1.98. The monoisotopic (exact) mass is 444 g/mol. The van der Waals surface area contributed by atoms with Crippen molar-refractivity contribution in [1.29, 1.82) is 0 Å². The predicted molar refractivity (Wildman–Crippen MR) is 128 cm³/mol. The highest BCUT2D eigenvalue weighted by Crippen LogP contribution is 2.14. The summed E-state index contributed by atoms with van der Waals surface area (Å²) in [6.07, 6.45) is 4.97. The zero-order valence-electron chi connectivity index (χ0n) is 16.3. The second-order valence-corrected chi connectivity index (χ2v) is 6.90. The molecule has 0 atom stereocenters. The number of hydrazone groups is 2. The minimum absolute atomic E-state index is 0.119. The van der Waals surface area contributed by atoms with E-state index < -0.39 is 0 Å². The number of nitrogens with two attached hydrogens (primary N) is 2. The number of benzene rings is 2. The lowest BCUT2D eigenvalue weighted by molar-refractivity contribution is 0.266. The van der Waals surface area contributed by atoms with Crippen LogP contribution in [0.15, 0.2) is 58.7 Å². The Morgan fingerprint density at radius 1 is 0.800 bits per heavy atom. The molecule has 0 saturated heterocycles. The zero-order chi connectivity index (χ0) is 21.6. The van der Waals surface area contributed by atoms with Gasteiger partial charge in [-0.2, -0.15) is 10.2 Å². The van der Waals surface area contributed by atoms with Crippen molar-refractivity contribution in [3.05, 3.63) is 59.7 Å². The van der Waals surface area contributed by atoms with Gasteiger partial charge in [-0.15, -0.1) is 0 Å². The molecule has 2 aromatic carbocycles. The second kappa shape index (κ2) is 13.1. The third-order valence-electron chi connectivity index (χ3n) is 3.57. The van der Waals surface area contributed by atoms with Gasteiger partial charge in [-0.1, -0.05) is 24.3 Å². The van der Waals surface area contributed by atoms with Crippen molar-refractivity contribution < 1.29 is 9.47 Å². The maximum atomic E-state index is 5.78. The second-order valence-electron chi connectivity index (χ2n) is 6.02. The van der Waals surface area contributed by atoms with Crippen LogP contribution >= 0.6 is 24.4 Å². The quantitative estimate of drug-likeness (QED) is 0.180. The van der Waals surface area contributed by atoms with Crippen LogP contribution < -0.4 is 31.8 Å². The van der Waals surface area contributed by atoms with Gasteiger partial charge in [0.1, 0.15) is 11.5 Å². The summed E-state index contributed by atoms with van der Waals surface area (Å²) in [6, 6.07) is 15.2. The molecule has 0 aliphatic carbocycles. The third kappa shape index (κ3) is 9.80. The molecule has 0 aromatic heterocycles. The van der Waals surface area contributed by atoms with Crippen LogP contribution in [-0.2, 0) is 0 Å². The van der Waals surface area contributed by atoms with Gasteiger partial charge >= 0.3 is 0 Å². The minimum atomic E-state index is 0.119. The molecule has 158 valence electrons. The number of unbranched alkanes of at least 4 members (excludes halogenated alkanes) is 1. The van der Waals surface area contributed by atoms with Crippen molar-refractivity contribution in [3.63, 3.8) is 0 Å². The number of rotatable bonds is 11. The van der Waals surface area contributed by atoms with Crippen LogP contribution in [0.5, 0.6) is 11.5 Å². The molecule has 0 radical (unpaired) electrons. The molecular formula is C20H24N6O2S2. The molecule has 0 aliphatic rings. The van der Waals surface area contributed by atoms with E-state index in [0.717, 1.165) is 35.5 Å². The summed E-state index contributed by atoms with van der Waals surface area (Å²) in [4.78, 5) is 0. The Balaban J connectivity index is 1.68. The lowest BCUT2D eigenvalue weighted by Gasteiger charge is -2.08. The van der Waals surface area contributed by atoms with Crippen LogP contribution in [0.1, 0.15) is 24.0 Å². The Kier molecular flexibility index (Phi) is 10.0. The van der Waals surface area contributed by atoms with Crippen LogP contribution in [-0.4, -0.2) is 35.9 Å². The van der Waals surface area contributed by atoms with Gasteiger partial charge in [-0.25, -0.2) is 0 Å². The van der Waals surface area contributed by atoms with Crippen molar-refractivity contribution in [1.82, 2.24) is 10.9 Å². The maximum absolute atomic E-state index is 5.78. The van der Waals surface area contributed by atoms with E-state index in [1.807, 2.05) is 48.5 Å². The first-order chi connectivity index (χ1) is 14.5. The van der Waals surface area contributed by atoms with Crippen molar-refractivity contribution in [3.8, 4) is 11.5 Å². The van der Waals surface area contributed by atoms with Gasteiger partial charge in [0, 0.05) is 0 Å². The van der Waals surface area contributed by atoms with E-state index >= 15 is 0 Å². The van der Waals surface area contributed by atoms with Crippen molar-refractivity contribution in [2.75, 3.05) is 13.2 Å². The molecule has 0 amide bonds. The van der Waals surface area contributed by atoms with E-state index in [1.54, 1.807) is 12.4 Å². The molecule has 2 rings (SSSR count). The molecule has 0 aliphatic heterocycles. The summed E-state index contributed by atoms with van der Waals surface area (Å²) < 4.78 is 11.6. The standard InChI is InChI=1S/C20H24N6O2S2/c21-19(29)25-23-13-15-5-3-7-17(11-15)27-9-1-2-10-28-18-8-4-6-16(12-18)14-24-26-20(22)30/h3-8,11-14H,1-2,9-10H2,(H3,21,25,29)(H3,22,26,30)/b23-13+,24-14+. The van der Waals surface area contributed by atoms with Crippen LogP contribution in [0.25, 0.3) is 0 Å². The van der Waals surface area contributed by atoms with Crippen molar-refractivity contribution in [2.45, 2.75) is 12.8 Å². The summed E-state index contributed by atoms with van der Waals surface area (Å²) in [7, 11) is 0. The smallest absolute Gasteiger partial charge is 0.184 e. The maximum Gasteiger partial charge on any atom is 0.184 e. The molecule has 0 bridgehead atoms. The molecule has 10 heteroatoms. The molecule has 2 aromatic rings. The first-order valence-corrected chi connectivity index (χ1v) is 9.97. The van der Waals surface area contributed by atoms with Gasteiger partial charge < -0.3 is 20.9 Å². The Labute approximate surface area is 186 Å². The summed E-state index contributed by atoms with van der Waals surface area (Å²) >= 11 is 9.39. The largest absolute Gasteiger partial charge is 0.494 e. The Morgan fingerprint density at radius 3 is 1.63 bits per heavy atom. The molecule has 30 heavy (non-hydrogen) atoms. The Morgan fingerprint density at radius 2 is 1.23 bits per heavy atom. The number of thiocarbonyl (C=S) groups is 2. The minimum Gasteiger partial charge on any atom is -0.494 e. The fourth-order valence-corrected chi connectivity index (χ4v) is 2.40. The Hall–Kier alpha value is -3.24. The van der Waals surface area contributed by atoms with E-state index in [4.69, 9.17) is 45.4 Å². The normalized spacial score (nSPS) is 10.8. The van der Waals surface area contributed by atoms with Gasteiger partial charge in [0.05, 0.1) is 25.6 Å². The zero-order valence-corrected chi connectivity index (χ0v) is 17.9. The van der Waals surface area contributed by atoms with Gasteiger partial charge in [0.15, 0.2) is 10.2 Å². The van der Waals surface area contributed by atoms with Gasteiger partial charge in [0.2, 0.25) is 0 Å². The molecule has 0 saturated carbocycles. The van der Waals surface area contributed by atoms with E-state index in [9.17, 15) is 0 Å². The number of ether oxygens (including phenoxy) is 2. The van der Waals surface area contributed by atoms with Crippen LogP contribution in [0.2, 0.25) is 0 Å². The fourth-order valence-electron chi connectivity index (χ4n) is 2.29. The van der Waals surface area contributed by atoms with Crippen LogP contribution in [0.4, 0.5) is 0 Å². The molecule has 0 fully saturated rings. The first-order valence-electron chi connectivity index (χ1n) is 9.15. The highest BCUT2D eigenvalue weighted by molar-refractivity contribution is 7.80. The lowest BCUT2D eigenvalue weighted by Crippen LogP contribution is -2.24. The molecule has 0 unspecified atom stereocenters. The number of nitrogens with zero attached hydrogens (tertiary/aromatic N) is 2. The molecular weight excluding hydrogens is 420 g/mol. The van der Waals surface area contributed by atoms with Crippen molar-refractivity contribution >= 4 is 47.1 Å². The molecule has 0 heterocycles. The third-order valence-corrected chi connectivity index (χ3v) is 3.75. The number of hydrogen-bond donors (Lipinski definition) is 4. The first kappa shape index (κ1) is 23.0. The van der Waals surface area contributed by atoms with Crippen molar-refractivity contribution in [2.24, 2.45) is 21.7 Å². The van der Waals surface area contributed by atoms with Gasteiger partial charge in [-0.05, 0) is 72.7 Å². The average Bonchev–Trinajstić information content (AvgIpc) is 2.71. The predicted octanol–water partition coefficient (Wildman–Crippen LogP) is 2.26. The van der Waals surface area contributed by atoms with Gasteiger partial charge in [0.25, 0.3) is 0 Å². The van der Waals surface area contributed by atoms with E-state index in [0.29, 0.717) is 13.2 Å². The summed E-state index contributed by atoms with van der Waals surface area (Å²) in [5, 5.41) is 8.09. The lowest BCUT2D eigenvalue weighted by atomic mass is 10.2. The molecule has 6 N–H and O–H groups in total. The fraction of sp³-hybridized carbons (Fsp3) is 0.200. The number of nitrogens with one attached hydrogen (secondary N) is 2. The summed E-state index contributed by atoms with van der Waals surface area (Å²) in [6.45, 7) is 1.18. The highest BCUT2D eigenvalue weighted by atomic mass is 32.1. The molecule has 8 nitrogen and oxygen atoms in total. The van der Waals surface area contributed by atoms with E-state index in [1.165, 1.54) is 0 Å². The SMILES string of the molecule is NC(=S)N/N=C/c1cccc(OCCCCOc2cccc(/C=N/NC(N)=S)c2)c1. The summed E-state index contributed by atoms with van der Waals surface area (Å²) in [5.41, 5.74) is 17.4. The van der Waals surface area contributed by atoms with Gasteiger partial charge in [-0.3, -0.25) is 10.9 Å². The number of hydrogen-bond acceptors (Lipinski definition) is 6. The Bertz CT molecular complexity index is 831.